The van der Waals surface area contributed by atoms with Gasteiger partial charge in [-0.3, -0.25) is 5.32 Å². The van der Waals surface area contributed by atoms with Crippen molar-refractivity contribution < 1.29 is 29.3 Å². The number of hydrogen-bond acceptors (Lipinski definition) is 7. The van der Waals surface area contributed by atoms with Gasteiger partial charge in [0.2, 0.25) is 17.7 Å². The molecule has 0 aromatic carbocycles. The van der Waals surface area contributed by atoms with Crippen LogP contribution in [0.4, 0.5) is 10.7 Å². The second kappa shape index (κ2) is 7.85. The van der Waals surface area contributed by atoms with E-state index >= 15 is 0 Å². The maximum absolute atomic E-state index is 11.6. The molecule has 0 saturated heterocycles. The van der Waals surface area contributed by atoms with Gasteiger partial charge in [0.1, 0.15) is 0 Å². The summed E-state index contributed by atoms with van der Waals surface area (Å²) in [7, 11) is 2.80. The minimum absolute atomic E-state index is 0.0274. The van der Waals surface area contributed by atoms with E-state index in [1.165, 1.54) is 20.3 Å². The minimum atomic E-state index is -1.53. The highest BCUT2D eigenvalue weighted by Gasteiger charge is 2.13. The van der Waals surface area contributed by atoms with Crippen LogP contribution in [0.3, 0.4) is 0 Å². The van der Waals surface area contributed by atoms with Crippen molar-refractivity contribution in [3.05, 3.63) is 6.07 Å². The number of nitrogens with zero attached hydrogens (tertiary/aromatic N) is 2. The summed E-state index contributed by atoms with van der Waals surface area (Å²) in [5.41, 5.74) is 0. The van der Waals surface area contributed by atoms with Gasteiger partial charge in [0.25, 0.3) is 0 Å². The van der Waals surface area contributed by atoms with Crippen molar-refractivity contribution in [3.63, 3.8) is 0 Å². The van der Waals surface area contributed by atoms with Gasteiger partial charge in [-0.05, 0) is 0 Å². The number of aliphatic hydroxyl groups excluding tert-OH is 1. The van der Waals surface area contributed by atoms with E-state index in [2.05, 4.69) is 20.6 Å². The maximum atomic E-state index is 11.6. The molecule has 1 heterocycles. The molecular formula is C11H16N4O6. The van der Waals surface area contributed by atoms with E-state index in [1.54, 1.807) is 0 Å². The van der Waals surface area contributed by atoms with Crippen LogP contribution >= 0.6 is 0 Å². The molecule has 0 fully saturated rings. The molecule has 0 saturated carbocycles. The van der Waals surface area contributed by atoms with Gasteiger partial charge in [0, 0.05) is 13.0 Å². The molecule has 10 nitrogen and oxygen atoms in total. The average molecular weight is 300 g/mol. The lowest BCUT2D eigenvalue weighted by atomic mass is 10.2. The molecule has 10 heteroatoms. The maximum Gasteiger partial charge on any atom is 0.332 e. The van der Waals surface area contributed by atoms with Gasteiger partial charge in [-0.1, -0.05) is 0 Å². The number of aliphatic carboxylic acids is 1. The van der Waals surface area contributed by atoms with Crippen LogP contribution < -0.4 is 20.1 Å². The number of hydrogen-bond donors (Lipinski definition) is 4. The van der Waals surface area contributed by atoms with Crippen LogP contribution in [-0.4, -0.2) is 59.0 Å². The first kappa shape index (κ1) is 16.4. The van der Waals surface area contributed by atoms with Gasteiger partial charge in [-0.25, -0.2) is 9.59 Å². The summed E-state index contributed by atoms with van der Waals surface area (Å²) in [5.74, 6) is -0.975. The monoisotopic (exact) mass is 300 g/mol. The first-order valence-electron chi connectivity index (χ1n) is 5.89. The number of aliphatic hydroxyl groups is 1. The number of rotatable bonds is 7. The number of methoxy groups -OCH3 is 2. The van der Waals surface area contributed by atoms with E-state index in [0.29, 0.717) is 0 Å². The molecule has 1 aromatic rings. The Kier molecular flexibility index (Phi) is 6.14. The molecular weight excluding hydrogens is 284 g/mol. The molecule has 21 heavy (non-hydrogen) atoms. The van der Waals surface area contributed by atoms with Gasteiger partial charge in [-0.15, -0.1) is 0 Å². The Morgan fingerprint density at radius 2 is 1.86 bits per heavy atom. The third-order valence-corrected chi connectivity index (χ3v) is 2.31. The van der Waals surface area contributed by atoms with Crippen LogP contribution in [0.2, 0.25) is 0 Å². The fourth-order valence-electron chi connectivity index (χ4n) is 1.26. The fraction of sp³-hybridized carbons (Fsp3) is 0.455. The Labute approximate surface area is 120 Å². The quantitative estimate of drug-likeness (QED) is 0.525. The zero-order valence-corrected chi connectivity index (χ0v) is 11.5. The number of urea groups is 1. The van der Waals surface area contributed by atoms with Crippen LogP contribution in [0.1, 0.15) is 6.42 Å². The van der Waals surface area contributed by atoms with Crippen molar-refractivity contribution in [2.24, 2.45) is 0 Å². The SMILES string of the molecule is COc1cc(OC)nc(NC(=O)NCC[C@H](O)C(=O)O)n1. The van der Waals surface area contributed by atoms with Crippen LogP contribution in [0.15, 0.2) is 6.07 Å². The third kappa shape index (κ3) is 5.48. The predicted molar refractivity (Wildman–Crippen MR) is 70.4 cm³/mol. The van der Waals surface area contributed by atoms with E-state index in [0.717, 1.165) is 0 Å². The fourth-order valence-corrected chi connectivity index (χ4v) is 1.26. The molecule has 0 unspecified atom stereocenters. The topological polar surface area (TPSA) is 143 Å². The standard InChI is InChI=1S/C11H16N4O6/c1-20-7-5-8(21-2)14-10(13-7)15-11(19)12-4-3-6(16)9(17)18/h5-6,16H,3-4H2,1-2H3,(H,17,18)(H2,12,13,14,15,19)/t6-/m0/s1. The molecule has 0 aliphatic rings. The highest BCUT2D eigenvalue weighted by molar-refractivity contribution is 5.87. The lowest BCUT2D eigenvalue weighted by Crippen LogP contribution is -2.33. The first-order valence-corrected chi connectivity index (χ1v) is 5.89. The van der Waals surface area contributed by atoms with Crippen molar-refractivity contribution in [3.8, 4) is 11.8 Å². The van der Waals surface area contributed by atoms with E-state index < -0.39 is 18.1 Å². The zero-order valence-electron chi connectivity index (χ0n) is 11.5. The van der Waals surface area contributed by atoms with Crippen LogP contribution in [0.25, 0.3) is 0 Å². The Bertz CT molecular complexity index is 487. The van der Waals surface area contributed by atoms with Crippen molar-refractivity contribution in [2.75, 3.05) is 26.1 Å². The van der Waals surface area contributed by atoms with Gasteiger partial charge in [0.05, 0.1) is 20.3 Å². The largest absolute Gasteiger partial charge is 0.481 e. The normalized spacial score (nSPS) is 11.4. The summed E-state index contributed by atoms with van der Waals surface area (Å²) < 4.78 is 9.83. The Morgan fingerprint density at radius 3 is 2.33 bits per heavy atom. The van der Waals surface area contributed by atoms with Crippen LogP contribution in [-0.2, 0) is 4.79 Å². The van der Waals surface area contributed by atoms with Crippen molar-refractivity contribution in [2.45, 2.75) is 12.5 Å². The second-order valence-electron chi connectivity index (χ2n) is 3.80. The van der Waals surface area contributed by atoms with Crippen molar-refractivity contribution in [1.82, 2.24) is 15.3 Å². The number of carboxylic acid groups (broad SMARTS) is 1. The molecule has 0 aliphatic heterocycles. The van der Waals surface area contributed by atoms with Gasteiger partial charge in [0.15, 0.2) is 6.10 Å². The number of amides is 2. The molecule has 116 valence electrons. The molecule has 0 spiro atoms. The number of ether oxygens (including phenoxy) is 2. The average Bonchev–Trinajstić information content (AvgIpc) is 2.46. The Morgan fingerprint density at radius 1 is 1.29 bits per heavy atom. The van der Waals surface area contributed by atoms with Crippen LogP contribution in [0, 0.1) is 0 Å². The van der Waals surface area contributed by atoms with Crippen molar-refractivity contribution >= 4 is 17.9 Å². The number of nitrogens with one attached hydrogen (secondary N) is 2. The lowest BCUT2D eigenvalue weighted by Gasteiger charge is -2.09. The molecule has 1 rings (SSSR count). The van der Waals surface area contributed by atoms with E-state index in [4.69, 9.17) is 19.7 Å². The summed E-state index contributed by atoms with van der Waals surface area (Å²) in [6.07, 6.45) is -1.65. The number of carbonyl (C=O) groups excluding carboxylic acids is 1. The highest BCUT2D eigenvalue weighted by atomic mass is 16.5. The summed E-state index contributed by atoms with van der Waals surface area (Å²) in [4.78, 5) is 29.7. The summed E-state index contributed by atoms with van der Waals surface area (Å²) in [6, 6.07) is 0.787. The third-order valence-electron chi connectivity index (χ3n) is 2.31. The Hall–Kier alpha value is -2.62. The first-order chi connectivity index (χ1) is 9.96. The summed E-state index contributed by atoms with van der Waals surface area (Å²) in [6.45, 7) is -0.0274. The zero-order chi connectivity index (χ0) is 15.8. The van der Waals surface area contributed by atoms with Crippen molar-refractivity contribution in [1.29, 1.82) is 0 Å². The number of aromatic nitrogens is 2. The molecule has 1 atom stereocenters. The molecule has 0 aliphatic carbocycles. The lowest BCUT2D eigenvalue weighted by molar-refractivity contribution is -0.146. The van der Waals surface area contributed by atoms with E-state index in [9.17, 15) is 9.59 Å². The minimum Gasteiger partial charge on any atom is -0.481 e. The van der Waals surface area contributed by atoms with E-state index in [1.807, 2.05) is 0 Å². The summed E-state index contributed by atoms with van der Waals surface area (Å²) >= 11 is 0. The van der Waals surface area contributed by atoms with Gasteiger partial charge in [-0.2, -0.15) is 9.97 Å². The number of carbonyl (C=O) groups is 2. The Balaban J connectivity index is 2.52. The van der Waals surface area contributed by atoms with Gasteiger partial charge < -0.3 is 25.0 Å². The molecule has 2 amide bonds. The molecule has 0 radical (unpaired) electrons. The summed E-state index contributed by atoms with van der Waals surface area (Å²) in [5, 5.41) is 22.2. The van der Waals surface area contributed by atoms with Crippen LogP contribution in [0.5, 0.6) is 11.8 Å². The predicted octanol–water partition coefficient (Wildman–Crippen LogP) is -0.549. The molecule has 0 bridgehead atoms. The van der Waals surface area contributed by atoms with Gasteiger partial charge >= 0.3 is 12.0 Å². The smallest absolute Gasteiger partial charge is 0.332 e. The number of anilines is 1. The second-order valence-corrected chi connectivity index (χ2v) is 3.80. The molecule has 4 N–H and O–H groups in total. The molecule has 1 aromatic heterocycles. The van der Waals surface area contributed by atoms with E-state index in [-0.39, 0.29) is 30.7 Å². The highest BCUT2D eigenvalue weighted by Crippen LogP contribution is 2.16. The number of carboxylic acids is 1.